The molecule has 170 valence electrons. The lowest BCUT2D eigenvalue weighted by Gasteiger charge is -2.17. The number of phenolic OH excluding ortho intramolecular Hbond substituents is 2. The summed E-state index contributed by atoms with van der Waals surface area (Å²) in [5, 5.41) is 24.5. The van der Waals surface area contributed by atoms with Crippen LogP contribution in [-0.2, 0) is 10.0 Å². The Kier molecular flexibility index (Phi) is 5.26. The van der Waals surface area contributed by atoms with E-state index in [-0.39, 0.29) is 22.1 Å². The minimum Gasteiger partial charge on any atom is -0.507 e. The minimum atomic E-state index is -3.98. The van der Waals surface area contributed by atoms with E-state index in [1.807, 2.05) is 24.3 Å². The molecule has 3 N–H and O–H groups in total. The van der Waals surface area contributed by atoms with E-state index in [1.54, 1.807) is 54.6 Å². The van der Waals surface area contributed by atoms with Crippen molar-refractivity contribution in [2.45, 2.75) is 4.90 Å². The molecular weight excluding hydrogens is 450 g/mol. The van der Waals surface area contributed by atoms with E-state index in [9.17, 15) is 18.6 Å². The van der Waals surface area contributed by atoms with Gasteiger partial charge in [-0.1, -0.05) is 60.7 Å². The summed E-state index contributed by atoms with van der Waals surface area (Å²) in [6, 6.07) is 25.5. The highest BCUT2D eigenvalue weighted by Gasteiger charge is 2.21. The maximum absolute atomic E-state index is 13.2. The number of hydrogen-bond acceptors (Lipinski definition) is 5. The first-order valence-corrected chi connectivity index (χ1v) is 12.0. The molecule has 34 heavy (non-hydrogen) atoms. The van der Waals surface area contributed by atoms with Gasteiger partial charge in [-0.2, -0.15) is 0 Å². The number of hydrogen-bond donors (Lipinski definition) is 3. The van der Waals surface area contributed by atoms with Crippen LogP contribution < -0.4 is 9.46 Å². The number of benzene rings is 5. The molecule has 5 aromatic rings. The number of aromatic hydroxyl groups is 2. The van der Waals surface area contributed by atoms with Crippen LogP contribution in [-0.4, -0.2) is 25.7 Å². The normalized spacial score (nSPS) is 11.6. The molecule has 0 unspecified atom stereocenters. The van der Waals surface area contributed by atoms with Crippen LogP contribution in [0.4, 0.5) is 5.69 Å². The molecule has 0 amide bonds. The third kappa shape index (κ3) is 3.66. The third-order valence-corrected chi connectivity index (χ3v) is 7.15. The van der Waals surface area contributed by atoms with Crippen molar-refractivity contribution in [1.82, 2.24) is 0 Å². The first-order chi connectivity index (χ1) is 16.4. The van der Waals surface area contributed by atoms with Gasteiger partial charge < -0.3 is 14.9 Å². The van der Waals surface area contributed by atoms with E-state index in [0.717, 1.165) is 10.8 Å². The largest absolute Gasteiger partial charge is 0.507 e. The summed E-state index contributed by atoms with van der Waals surface area (Å²) in [6.45, 7) is 0. The van der Waals surface area contributed by atoms with Crippen LogP contribution in [0.25, 0.3) is 32.7 Å². The highest BCUT2D eigenvalue weighted by molar-refractivity contribution is 7.92. The van der Waals surface area contributed by atoms with Crippen LogP contribution in [0.2, 0.25) is 0 Å². The van der Waals surface area contributed by atoms with Gasteiger partial charge in [-0.15, -0.1) is 0 Å². The summed E-state index contributed by atoms with van der Waals surface area (Å²) in [7, 11) is -2.51. The first kappa shape index (κ1) is 21.6. The molecule has 0 aromatic heterocycles. The summed E-state index contributed by atoms with van der Waals surface area (Å²) in [5.74, 6) is 0.345. The molecule has 0 radical (unpaired) electrons. The van der Waals surface area contributed by atoms with Gasteiger partial charge in [0.1, 0.15) is 17.2 Å². The van der Waals surface area contributed by atoms with Crippen LogP contribution in [0.3, 0.4) is 0 Å². The molecule has 0 saturated heterocycles. The van der Waals surface area contributed by atoms with Crippen molar-refractivity contribution in [3.8, 4) is 28.4 Å². The summed E-state index contributed by atoms with van der Waals surface area (Å²) >= 11 is 0. The summed E-state index contributed by atoms with van der Waals surface area (Å²) in [5.41, 5.74) is 1.01. The number of methoxy groups -OCH3 is 1. The van der Waals surface area contributed by atoms with Crippen molar-refractivity contribution in [2.75, 3.05) is 11.8 Å². The van der Waals surface area contributed by atoms with Crippen molar-refractivity contribution in [2.24, 2.45) is 0 Å². The Morgan fingerprint density at radius 2 is 1.47 bits per heavy atom. The molecule has 0 fully saturated rings. The van der Waals surface area contributed by atoms with E-state index in [0.29, 0.717) is 27.6 Å². The molecule has 5 rings (SSSR count). The Morgan fingerprint density at radius 3 is 2.24 bits per heavy atom. The van der Waals surface area contributed by atoms with Gasteiger partial charge in [0.05, 0.1) is 17.7 Å². The van der Waals surface area contributed by atoms with E-state index < -0.39 is 10.0 Å². The van der Waals surface area contributed by atoms with Crippen LogP contribution in [0.1, 0.15) is 0 Å². The van der Waals surface area contributed by atoms with Crippen LogP contribution >= 0.6 is 0 Å². The molecule has 0 aliphatic heterocycles. The fraction of sp³-hybridized carbons (Fsp3) is 0.0370. The van der Waals surface area contributed by atoms with Gasteiger partial charge >= 0.3 is 0 Å². The van der Waals surface area contributed by atoms with Crippen LogP contribution in [0.15, 0.2) is 95.9 Å². The number of nitrogens with one attached hydrogen (secondary N) is 1. The summed E-state index contributed by atoms with van der Waals surface area (Å²) in [6.07, 6.45) is 0. The second-order valence-electron chi connectivity index (χ2n) is 7.83. The Morgan fingerprint density at radius 1 is 0.765 bits per heavy atom. The maximum atomic E-state index is 13.2. The standard InChI is InChI=1S/C27H21NO5S/c1-33-18-8-6-9-19(15-18)34(31,32)28-24-16-23(27(30)22-12-5-4-11-21(22)24)26-20-10-3-2-7-17(20)13-14-25(26)29/h2-16,28-30H,1H3. The van der Waals surface area contributed by atoms with Crippen molar-refractivity contribution in [3.05, 3.63) is 91.0 Å². The number of anilines is 1. The molecule has 7 heteroatoms. The summed E-state index contributed by atoms with van der Waals surface area (Å²) < 4.78 is 34.3. The molecule has 6 nitrogen and oxygen atoms in total. The number of sulfonamides is 1. The Bertz CT molecular complexity index is 1660. The van der Waals surface area contributed by atoms with Crippen LogP contribution in [0, 0.1) is 0 Å². The second kappa shape index (κ2) is 8.28. The fourth-order valence-electron chi connectivity index (χ4n) is 4.15. The van der Waals surface area contributed by atoms with Crippen molar-refractivity contribution >= 4 is 37.3 Å². The van der Waals surface area contributed by atoms with Crippen molar-refractivity contribution in [1.29, 1.82) is 0 Å². The molecular formula is C27H21NO5S. The Balaban J connectivity index is 1.75. The van der Waals surface area contributed by atoms with E-state index in [1.165, 1.54) is 19.2 Å². The molecule has 0 bridgehead atoms. The fourth-order valence-corrected chi connectivity index (χ4v) is 5.26. The molecule has 5 aromatic carbocycles. The van der Waals surface area contributed by atoms with Gasteiger partial charge in [0.2, 0.25) is 0 Å². The van der Waals surface area contributed by atoms with Crippen molar-refractivity contribution < 1.29 is 23.4 Å². The van der Waals surface area contributed by atoms with Gasteiger partial charge in [0.25, 0.3) is 10.0 Å². The van der Waals surface area contributed by atoms with Crippen molar-refractivity contribution in [3.63, 3.8) is 0 Å². The number of phenols is 2. The smallest absolute Gasteiger partial charge is 0.262 e. The predicted octanol–water partition coefficient (Wildman–Crippen LogP) is 5.88. The number of fused-ring (bicyclic) bond motifs is 2. The SMILES string of the molecule is COc1cccc(S(=O)(=O)Nc2cc(-c3c(O)ccc4ccccc34)c(O)c3ccccc23)c1. The van der Waals surface area contributed by atoms with Gasteiger partial charge in [0, 0.05) is 28.0 Å². The first-order valence-electron chi connectivity index (χ1n) is 10.5. The maximum Gasteiger partial charge on any atom is 0.262 e. The summed E-state index contributed by atoms with van der Waals surface area (Å²) in [4.78, 5) is 0.0403. The lowest BCUT2D eigenvalue weighted by Crippen LogP contribution is -2.13. The minimum absolute atomic E-state index is 0.0223. The van der Waals surface area contributed by atoms with Gasteiger partial charge in [-0.05, 0) is 35.0 Å². The molecule has 0 aliphatic carbocycles. The Hall–Kier alpha value is -4.23. The number of ether oxygens (including phenoxy) is 1. The second-order valence-corrected chi connectivity index (χ2v) is 9.51. The number of rotatable bonds is 5. The molecule has 0 atom stereocenters. The average Bonchev–Trinajstić information content (AvgIpc) is 2.86. The van der Waals surface area contributed by atoms with Gasteiger partial charge in [0.15, 0.2) is 0 Å². The monoisotopic (exact) mass is 471 g/mol. The molecule has 0 saturated carbocycles. The highest BCUT2D eigenvalue weighted by atomic mass is 32.2. The van der Waals surface area contributed by atoms with Crippen LogP contribution in [0.5, 0.6) is 17.2 Å². The lowest BCUT2D eigenvalue weighted by molar-refractivity contribution is 0.413. The third-order valence-electron chi connectivity index (χ3n) is 5.79. The zero-order valence-electron chi connectivity index (χ0n) is 18.2. The molecule has 0 spiro atoms. The van der Waals surface area contributed by atoms with E-state index >= 15 is 0 Å². The zero-order chi connectivity index (χ0) is 23.9. The van der Waals surface area contributed by atoms with E-state index in [2.05, 4.69) is 4.72 Å². The highest BCUT2D eigenvalue weighted by Crippen LogP contribution is 2.46. The zero-order valence-corrected chi connectivity index (χ0v) is 19.0. The Labute approximate surface area is 196 Å². The molecule has 0 heterocycles. The molecule has 0 aliphatic rings. The topological polar surface area (TPSA) is 95.9 Å². The van der Waals surface area contributed by atoms with E-state index in [4.69, 9.17) is 4.74 Å². The van der Waals surface area contributed by atoms with Gasteiger partial charge in [-0.3, -0.25) is 4.72 Å². The van der Waals surface area contributed by atoms with Gasteiger partial charge in [-0.25, -0.2) is 8.42 Å². The lowest BCUT2D eigenvalue weighted by atomic mass is 9.93. The average molecular weight is 472 g/mol. The quantitative estimate of drug-likeness (QED) is 0.278. The predicted molar refractivity (Wildman–Crippen MR) is 134 cm³/mol.